The highest BCUT2D eigenvalue weighted by molar-refractivity contribution is 6.76. The molecule has 107 heavy (non-hydrogen) atoms. The van der Waals surface area contributed by atoms with E-state index in [2.05, 4.69) is 11.9 Å². The molecular formula is C83H94Cl3NO20. The molecule has 5 saturated heterocycles. The number of alkyl halides is 3. The van der Waals surface area contributed by atoms with Crippen molar-refractivity contribution in [1.29, 1.82) is 0 Å². The molecule has 0 unspecified atom stereocenters. The molecular weight excluding hydrogens is 1440 g/mol. The van der Waals surface area contributed by atoms with E-state index in [9.17, 15) is 9.59 Å². The summed E-state index contributed by atoms with van der Waals surface area (Å²) in [5.41, 5.74) is 6.04. The molecule has 7 aromatic rings. The molecule has 24 heteroatoms. The van der Waals surface area contributed by atoms with Gasteiger partial charge in [-0.05, 0) is 66.6 Å². The van der Waals surface area contributed by atoms with Crippen LogP contribution in [0.25, 0.3) is 0 Å². The number of rotatable bonds is 33. The normalized spacial score (nSPS) is 30.0. The molecule has 12 rings (SSSR count). The number of ether oxygens (including phenoxy) is 18. The molecule has 0 aromatic heterocycles. The van der Waals surface area contributed by atoms with Crippen LogP contribution >= 0.6 is 34.8 Å². The predicted molar refractivity (Wildman–Crippen MR) is 396 cm³/mol. The van der Waals surface area contributed by atoms with Crippen LogP contribution in [-0.2, 0) is 141 Å². The van der Waals surface area contributed by atoms with Crippen molar-refractivity contribution >= 4 is 46.7 Å². The molecule has 0 saturated carbocycles. The molecule has 0 spiro atoms. The zero-order valence-corrected chi connectivity index (χ0v) is 62.7. The summed E-state index contributed by atoms with van der Waals surface area (Å²) in [7, 11) is 0. The van der Waals surface area contributed by atoms with E-state index >= 15 is 0 Å². The third-order valence-corrected chi connectivity index (χ3v) is 19.4. The molecule has 5 heterocycles. The molecule has 21 nitrogen and oxygen atoms in total. The van der Waals surface area contributed by atoms with Crippen molar-refractivity contribution < 1.29 is 94.9 Å². The highest BCUT2D eigenvalue weighted by Gasteiger charge is 2.61. The molecule has 0 aliphatic carbocycles. The average Bonchev–Trinajstić information content (AvgIpc) is 0.750. The van der Waals surface area contributed by atoms with Gasteiger partial charge in [-0.2, -0.15) is 0 Å². The first kappa shape index (κ1) is 79.9. The SMILES string of the molecule is C=CCO[C@@H]1O[C@@H](C)[C@H](OCc2ccccc2)[C@@H](OCc2ccccc2)[C@H]1O[C@@H]1O[C@@H](C)[C@H](OCc2ccccc2)[C@@H](O[C@H]2O[C@H](COCc3ccccc3)[C@@H](OCc3ccccc3)[C@H](OCc3ccccc3)[C@H]2OCc2ccccc2)[C@H]1O[C@@H]1O[C@@H]2COC(C)(C)O[C@H]2[C@H](OC(C)=O)[C@H]1NC(=O)C(Cl)(Cl)Cl. The Morgan fingerprint density at radius 3 is 1.28 bits per heavy atom. The number of amides is 1. The van der Waals surface area contributed by atoms with Crippen LogP contribution in [0.15, 0.2) is 225 Å². The minimum atomic E-state index is -2.59. The summed E-state index contributed by atoms with van der Waals surface area (Å²) in [6.45, 7) is 12.9. The second kappa shape index (κ2) is 38.9. The molecule has 572 valence electrons. The molecule has 1 amide bonds. The summed E-state index contributed by atoms with van der Waals surface area (Å²) in [4.78, 5) is 28.1. The number of carbonyl (C=O) groups excluding carboxylic acids is 2. The van der Waals surface area contributed by atoms with Crippen molar-refractivity contribution in [1.82, 2.24) is 5.32 Å². The lowest BCUT2D eigenvalue weighted by atomic mass is 9.93. The van der Waals surface area contributed by atoms with E-state index in [1.54, 1.807) is 19.9 Å². The van der Waals surface area contributed by atoms with Crippen molar-refractivity contribution in [3.05, 3.63) is 264 Å². The number of carbonyl (C=O) groups is 2. The van der Waals surface area contributed by atoms with Crippen molar-refractivity contribution in [3.8, 4) is 0 Å². The fourth-order valence-corrected chi connectivity index (χ4v) is 13.9. The predicted octanol–water partition coefficient (Wildman–Crippen LogP) is 13.0. The van der Waals surface area contributed by atoms with E-state index in [1.807, 2.05) is 226 Å². The molecule has 0 radical (unpaired) electrons. The number of nitrogens with one attached hydrogen (secondary N) is 1. The molecule has 5 fully saturated rings. The van der Waals surface area contributed by atoms with Crippen molar-refractivity contribution in [2.24, 2.45) is 0 Å². The summed E-state index contributed by atoms with van der Waals surface area (Å²) >= 11 is 19.3. The highest BCUT2D eigenvalue weighted by atomic mass is 35.6. The van der Waals surface area contributed by atoms with Gasteiger partial charge in [0.1, 0.15) is 79.3 Å². The van der Waals surface area contributed by atoms with Gasteiger partial charge in [0, 0.05) is 6.92 Å². The Labute approximate surface area is 640 Å². The Morgan fingerprint density at radius 2 is 0.832 bits per heavy atom. The summed E-state index contributed by atoms with van der Waals surface area (Å²) in [6, 6.07) is 66.5. The monoisotopic (exact) mass is 1530 g/mol. The Balaban J connectivity index is 1.03. The minimum Gasteiger partial charge on any atom is -0.457 e. The van der Waals surface area contributed by atoms with Crippen LogP contribution in [0.5, 0.6) is 0 Å². The zero-order chi connectivity index (χ0) is 74.7. The van der Waals surface area contributed by atoms with Crippen LogP contribution in [0.4, 0.5) is 0 Å². The quantitative estimate of drug-likeness (QED) is 0.0230. The molecule has 5 aliphatic rings. The van der Waals surface area contributed by atoms with Gasteiger partial charge in [-0.25, -0.2) is 0 Å². The standard InChI is InChI=1S/C83H94Cl3NO20/c1-7-43-91-78-75(71(95-48-60-37-23-12-24-38-60)66(53(2)99-78)92-45-57-31-17-9-18-32-57)106-80-76(105-77-65(87-81(89)83(84,85)86)70(101-55(4)88)69-64(102-77)52-98-82(5,6)107-69)73(67(54(3)100-80)93-46-58-33-19-10-20-34-58)104-79-74(97-50-62-41-27-14-28-42-62)72(96-49-61-39-25-13-26-40-61)68(94-47-59-35-21-11-22-36-59)63(103-79)51-90-44-56-29-15-8-16-30-56/h7-42,53-54,63-80H,1,43-52H2,2-6H3,(H,87,89)/t53-,54-,63+,64+,65+,66-,67-,68+,69+,70+,71+,72-,73+,74+,75+,76+,77-,78+,79+,80-/m0/s1. The number of benzene rings is 7. The van der Waals surface area contributed by atoms with Gasteiger partial charge in [-0.1, -0.05) is 253 Å². The summed E-state index contributed by atoms with van der Waals surface area (Å²) in [5.74, 6) is -3.13. The topological polar surface area (TPSA) is 212 Å². The fourth-order valence-electron chi connectivity index (χ4n) is 13.7. The largest absolute Gasteiger partial charge is 0.457 e. The maximum atomic E-state index is 14.5. The smallest absolute Gasteiger partial charge is 0.303 e. The van der Waals surface area contributed by atoms with Crippen molar-refractivity contribution in [2.75, 3.05) is 19.8 Å². The second-order valence-corrected chi connectivity index (χ2v) is 29.6. The first-order valence-electron chi connectivity index (χ1n) is 36.2. The lowest BCUT2D eigenvalue weighted by molar-refractivity contribution is -0.417. The van der Waals surface area contributed by atoms with E-state index in [-0.39, 0.29) is 66.1 Å². The lowest BCUT2D eigenvalue weighted by Crippen LogP contribution is -2.72. The third kappa shape index (κ3) is 22.1. The Morgan fingerprint density at radius 1 is 0.458 bits per heavy atom. The van der Waals surface area contributed by atoms with Gasteiger partial charge in [0.2, 0.25) is 0 Å². The van der Waals surface area contributed by atoms with E-state index in [0.29, 0.717) is 0 Å². The fraction of sp³-hybridized carbons (Fsp3) is 0.446. The van der Waals surface area contributed by atoms with Crippen LogP contribution < -0.4 is 5.32 Å². The van der Waals surface area contributed by atoms with Gasteiger partial charge in [0.25, 0.3) is 9.70 Å². The number of hydrogen-bond acceptors (Lipinski definition) is 20. The second-order valence-electron chi connectivity index (χ2n) is 27.4. The Kier molecular flexibility index (Phi) is 29.0. The van der Waals surface area contributed by atoms with Crippen LogP contribution in [0, 0.1) is 0 Å². The molecule has 5 aliphatic heterocycles. The van der Waals surface area contributed by atoms with Gasteiger partial charge in [0.15, 0.2) is 37.1 Å². The van der Waals surface area contributed by atoms with E-state index in [0.717, 1.165) is 38.9 Å². The number of halogens is 3. The number of fused-ring (bicyclic) bond motifs is 1. The van der Waals surface area contributed by atoms with Crippen LogP contribution in [0.1, 0.15) is 73.6 Å². The van der Waals surface area contributed by atoms with Gasteiger partial charge in [-0.15, -0.1) is 6.58 Å². The van der Waals surface area contributed by atoms with Gasteiger partial charge in [-0.3, -0.25) is 9.59 Å². The first-order chi connectivity index (χ1) is 51.9. The van der Waals surface area contributed by atoms with Crippen LogP contribution in [0.2, 0.25) is 0 Å². The van der Waals surface area contributed by atoms with Crippen molar-refractivity contribution in [3.63, 3.8) is 0 Å². The summed E-state index contributed by atoms with van der Waals surface area (Å²) in [6.07, 6.45) is -21.0. The number of hydrogen-bond donors (Lipinski definition) is 1. The molecule has 1 N–H and O–H groups in total. The summed E-state index contributed by atoms with van der Waals surface area (Å²) < 4.78 is 124. The average molecular weight is 1530 g/mol. The zero-order valence-electron chi connectivity index (χ0n) is 60.4. The van der Waals surface area contributed by atoms with Gasteiger partial charge >= 0.3 is 5.97 Å². The maximum absolute atomic E-state index is 14.5. The summed E-state index contributed by atoms with van der Waals surface area (Å²) in [5, 5.41) is 2.81. The third-order valence-electron chi connectivity index (χ3n) is 18.9. The Bertz CT molecular complexity index is 3810. The Hall–Kier alpha value is -6.59. The lowest BCUT2D eigenvalue weighted by Gasteiger charge is -2.54. The van der Waals surface area contributed by atoms with E-state index < -0.39 is 144 Å². The van der Waals surface area contributed by atoms with Gasteiger partial charge < -0.3 is 90.6 Å². The molecule has 7 aromatic carbocycles. The van der Waals surface area contributed by atoms with Gasteiger partial charge in [0.05, 0.1) is 78.3 Å². The van der Waals surface area contributed by atoms with Crippen LogP contribution in [0.3, 0.4) is 0 Å². The van der Waals surface area contributed by atoms with E-state index in [4.69, 9.17) is 120 Å². The van der Waals surface area contributed by atoms with Crippen molar-refractivity contribution in [2.45, 2.75) is 213 Å². The molecule has 20 atom stereocenters. The number of esters is 1. The highest BCUT2D eigenvalue weighted by Crippen LogP contribution is 2.43. The van der Waals surface area contributed by atoms with Crippen LogP contribution in [-0.4, -0.2) is 164 Å². The maximum Gasteiger partial charge on any atom is 0.303 e. The minimum absolute atomic E-state index is 0.00586. The first-order valence-corrected chi connectivity index (χ1v) is 37.3. The van der Waals surface area contributed by atoms with E-state index in [1.165, 1.54) is 6.92 Å². The molecule has 0 bridgehead atoms.